The molecule has 5 nitrogen and oxygen atoms in total. The summed E-state index contributed by atoms with van der Waals surface area (Å²) in [6.45, 7) is 14.6. The molecule has 0 fully saturated rings. The third-order valence-corrected chi connectivity index (χ3v) is 3.04. The van der Waals surface area contributed by atoms with Crippen LogP contribution in [-0.4, -0.2) is 74.4 Å². The largest absolute Gasteiger partial charge is 0.329 e. The van der Waals surface area contributed by atoms with Crippen molar-refractivity contribution in [3.05, 3.63) is 0 Å². The molecule has 0 heterocycles. The van der Waals surface area contributed by atoms with Crippen LogP contribution in [-0.2, 0) is 0 Å². The minimum atomic E-state index is 0.683. The van der Waals surface area contributed by atoms with Gasteiger partial charge in [-0.05, 0) is 20.0 Å². The van der Waals surface area contributed by atoms with Crippen LogP contribution in [0.15, 0.2) is 4.99 Å². The Hall–Kier alpha value is -0.490. The molecular weight excluding hydrogens is 226 g/mol. The first-order valence-electron chi connectivity index (χ1n) is 7.02. The molecule has 0 unspecified atom stereocenters. The first-order chi connectivity index (χ1) is 8.67. The summed E-state index contributed by atoms with van der Waals surface area (Å²) in [4.78, 5) is 9.26. The summed E-state index contributed by atoms with van der Waals surface area (Å²) in [5.74, 6) is 0. The molecule has 0 aromatic rings. The van der Waals surface area contributed by atoms with Gasteiger partial charge in [0.05, 0.1) is 6.54 Å². The van der Waals surface area contributed by atoms with E-state index in [1.54, 1.807) is 0 Å². The summed E-state index contributed by atoms with van der Waals surface area (Å²) >= 11 is 0. The maximum absolute atomic E-state index is 5.57. The Kier molecular flexibility index (Phi) is 11.3. The van der Waals surface area contributed by atoms with Gasteiger partial charge in [0.15, 0.2) is 0 Å². The zero-order valence-electron chi connectivity index (χ0n) is 12.4. The second-order valence-corrected chi connectivity index (χ2v) is 4.50. The van der Waals surface area contributed by atoms with Gasteiger partial charge in [-0.1, -0.05) is 13.8 Å². The maximum Gasteiger partial charge on any atom is 0.0516 e. The van der Waals surface area contributed by atoms with Crippen molar-refractivity contribution in [2.75, 3.05) is 58.9 Å². The molecule has 0 spiro atoms. The molecule has 0 aliphatic rings. The fraction of sp³-hybridized carbons (Fsp3) is 0.923. The van der Waals surface area contributed by atoms with Crippen LogP contribution in [0, 0.1) is 0 Å². The molecule has 0 aliphatic heterocycles. The smallest absolute Gasteiger partial charge is 0.0516 e. The van der Waals surface area contributed by atoms with Gasteiger partial charge in [0.2, 0.25) is 0 Å². The van der Waals surface area contributed by atoms with E-state index in [1.165, 1.54) is 5.71 Å². The van der Waals surface area contributed by atoms with Gasteiger partial charge in [-0.3, -0.25) is 14.8 Å². The highest BCUT2D eigenvalue weighted by atomic mass is 15.1. The van der Waals surface area contributed by atoms with Crippen molar-refractivity contribution < 1.29 is 0 Å². The van der Waals surface area contributed by atoms with Crippen LogP contribution in [0.2, 0.25) is 0 Å². The minimum Gasteiger partial charge on any atom is -0.329 e. The zero-order chi connectivity index (χ0) is 13.8. The van der Waals surface area contributed by atoms with E-state index in [1.807, 2.05) is 0 Å². The average molecular weight is 257 g/mol. The topological polar surface area (TPSA) is 70.9 Å². The van der Waals surface area contributed by atoms with Crippen molar-refractivity contribution in [3.63, 3.8) is 0 Å². The van der Waals surface area contributed by atoms with Gasteiger partial charge in [-0.15, -0.1) is 0 Å². The molecule has 0 amide bonds. The lowest BCUT2D eigenvalue weighted by atomic mass is 10.3. The Morgan fingerprint density at radius 1 is 0.944 bits per heavy atom. The fourth-order valence-corrected chi connectivity index (χ4v) is 1.90. The third kappa shape index (κ3) is 8.58. The van der Waals surface area contributed by atoms with Crippen LogP contribution in [0.1, 0.15) is 20.8 Å². The van der Waals surface area contributed by atoms with Crippen LogP contribution in [0.5, 0.6) is 0 Å². The quantitative estimate of drug-likeness (QED) is 0.512. The highest BCUT2D eigenvalue weighted by Crippen LogP contribution is 1.91. The molecule has 0 aromatic carbocycles. The molecule has 0 saturated carbocycles. The summed E-state index contributed by atoms with van der Waals surface area (Å²) in [6, 6.07) is 0. The molecule has 0 aliphatic carbocycles. The Morgan fingerprint density at radius 2 is 1.50 bits per heavy atom. The average Bonchev–Trinajstić information content (AvgIpc) is 2.36. The monoisotopic (exact) mass is 257 g/mol. The molecular formula is C13H31N5. The van der Waals surface area contributed by atoms with Gasteiger partial charge in [0.1, 0.15) is 0 Å². The zero-order valence-corrected chi connectivity index (χ0v) is 12.4. The van der Waals surface area contributed by atoms with E-state index in [4.69, 9.17) is 11.5 Å². The van der Waals surface area contributed by atoms with Crippen molar-refractivity contribution >= 4 is 5.71 Å². The fourth-order valence-electron chi connectivity index (χ4n) is 1.90. The standard InChI is InChI=1S/C13H31N5/c1-4-17(5-2)12-13(3)16-8-11-18(9-6-14)10-7-15/h4-12,14-15H2,1-3H3. The second-order valence-electron chi connectivity index (χ2n) is 4.50. The summed E-state index contributed by atoms with van der Waals surface area (Å²) in [6.07, 6.45) is 0. The first kappa shape index (κ1) is 17.5. The van der Waals surface area contributed by atoms with Gasteiger partial charge < -0.3 is 11.5 Å². The Labute approximate surface area is 112 Å². The Balaban J connectivity index is 3.96. The van der Waals surface area contributed by atoms with E-state index in [0.29, 0.717) is 13.1 Å². The highest BCUT2D eigenvalue weighted by Gasteiger charge is 2.03. The Morgan fingerprint density at radius 3 is 1.94 bits per heavy atom. The molecule has 0 atom stereocenters. The van der Waals surface area contributed by atoms with Crippen molar-refractivity contribution in [2.45, 2.75) is 20.8 Å². The number of nitrogens with two attached hydrogens (primary N) is 2. The summed E-state index contributed by atoms with van der Waals surface area (Å²) < 4.78 is 0. The lowest BCUT2D eigenvalue weighted by molar-refractivity contribution is 0.297. The molecule has 0 radical (unpaired) electrons. The minimum absolute atomic E-state index is 0.683. The highest BCUT2D eigenvalue weighted by molar-refractivity contribution is 5.83. The van der Waals surface area contributed by atoms with E-state index in [9.17, 15) is 0 Å². The van der Waals surface area contributed by atoms with Gasteiger partial charge >= 0.3 is 0 Å². The van der Waals surface area contributed by atoms with Crippen molar-refractivity contribution in [1.29, 1.82) is 0 Å². The van der Waals surface area contributed by atoms with Gasteiger partial charge in [-0.2, -0.15) is 0 Å². The molecule has 0 rings (SSSR count). The lowest BCUT2D eigenvalue weighted by Gasteiger charge is -2.20. The van der Waals surface area contributed by atoms with Crippen LogP contribution in [0.4, 0.5) is 0 Å². The van der Waals surface area contributed by atoms with Gasteiger partial charge in [0.25, 0.3) is 0 Å². The third-order valence-electron chi connectivity index (χ3n) is 3.04. The van der Waals surface area contributed by atoms with Gasteiger partial charge in [-0.25, -0.2) is 0 Å². The van der Waals surface area contributed by atoms with Crippen molar-refractivity contribution in [3.8, 4) is 0 Å². The van der Waals surface area contributed by atoms with Gasteiger partial charge in [0, 0.05) is 45.0 Å². The predicted molar refractivity (Wildman–Crippen MR) is 80.3 cm³/mol. The van der Waals surface area contributed by atoms with Crippen LogP contribution < -0.4 is 11.5 Å². The van der Waals surface area contributed by atoms with E-state index >= 15 is 0 Å². The number of hydrogen-bond donors (Lipinski definition) is 2. The van der Waals surface area contributed by atoms with E-state index in [0.717, 1.165) is 45.8 Å². The second kappa shape index (κ2) is 11.6. The van der Waals surface area contributed by atoms with Crippen LogP contribution in [0.25, 0.3) is 0 Å². The lowest BCUT2D eigenvalue weighted by Crippen LogP contribution is -2.36. The summed E-state index contributed by atoms with van der Waals surface area (Å²) in [5, 5.41) is 0. The van der Waals surface area contributed by atoms with Crippen molar-refractivity contribution in [2.24, 2.45) is 16.5 Å². The summed E-state index contributed by atoms with van der Waals surface area (Å²) in [7, 11) is 0. The first-order valence-corrected chi connectivity index (χ1v) is 7.02. The SMILES string of the molecule is CCN(CC)CC(C)=NCCN(CCN)CCN. The van der Waals surface area contributed by atoms with E-state index < -0.39 is 0 Å². The predicted octanol–water partition coefficient (Wildman–Crippen LogP) is 0.00850. The molecule has 18 heavy (non-hydrogen) atoms. The normalized spacial score (nSPS) is 12.7. The van der Waals surface area contributed by atoms with E-state index in [-0.39, 0.29) is 0 Å². The van der Waals surface area contributed by atoms with Crippen molar-refractivity contribution in [1.82, 2.24) is 9.80 Å². The van der Waals surface area contributed by atoms with E-state index in [2.05, 4.69) is 35.6 Å². The maximum atomic E-state index is 5.57. The Bertz CT molecular complexity index is 207. The molecule has 108 valence electrons. The molecule has 0 saturated heterocycles. The molecule has 5 heteroatoms. The van der Waals surface area contributed by atoms with Crippen LogP contribution >= 0.6 is 0 Å². The molecule has 0 bridgehead atoms. The number of nitrogens with zero attached hydrogens (tertiary/aromatic N) is 3. The number of rotatable bonds is 11. The number of hydrogen-bond acceptors (Lipinski definition) is 5. The molecule has 4 N–H and O–H groups in total. The summed E-state index contributed by atoms with van der Waals surface area (Å²) in [5.41, 5.74) is 12.3. The molecule has 0 aromatic heterocycles. The van der Waals surface area contributed by atoms with Crippen LogP contribution in [0.3, 0.4) is 0 Å². The number of aliphatic imine (C=N–C) groups is 1.